The molecule has 6 aromatic carbocycles. The number of primary amides is 1. The summed E-state index contributed by atoms with van der Waals surface area (Å²) in [5.41, 5.74) is 13.1. The molecule has 352 valence electrons. The number of hydrogen-bond acceptors (Lipinski definition) is 10. The lowest BCUT2D eigenvalue weighted by molar-refractivity contribution is 0.0942. The van der Waals surface area contributed by atoms with E-state index in [2.05, 4.69) is 31.1 Å². The van der Waals surface area contributed by atoms with Crippen LogP contribution in [0.4, 0.5) is 11.4 Å². The Kier molecular flexibility index (Phi) is 19.8. The summed E-state index contributed by atoms with van der Waals surface area (Å²) in [4.78, 5) is 65.5. The van der Waals surface area contributed by atoms with Crippen molar-refractivity contribution in [1.29, 1.82) is 5.26 Å². The van der Waals surface area contributed by atoms with Gasteiger partial charge in [0.15, 0.2) is 0 Å². The highest BCUT2D eigenvalue weighted by atomic mass is 32.3. The Labute approximate surface area is 395 Å². The lowest BCUT2D eigenvalue weighted by Gasteiger charge is -2.11. The third kappa shape index (κ3) is 18.8. The van der Waals surface area contributed by atoms with Crippen LogP contribution in [0, 0.1) is 11.3 Å². The van der Waals surface area contributed by atoms with Gasteiger partial charge in [-0.1, -0.05) is 60.7 Å². The quantitative estimate of drug-likeness (QED) is 0.0570. The molecule has 17 nitrogen and oxygen atoms in total. The van der Waals surface area contributed by atoms with E-state index < -0.39 is 16.3 Å². The second-order valence-corrected chi connectivity index (χ2v) is 16.5. The van der Waals surface area contributed by atoms with Crippen LogP contribution in [0.15, 0.2) is 146 Å². The van der Waals surface area contributed by atoms with Crippen LogP contribution in [0.5, 0.6) is 0 Å². The van der Waals surface area contributed by atoms with Crippen molar-refractivity contribution in [3.63, 3.8) is 0 Å². The Morgan fingerprint density at radius 2 is 0.868 bits per heavy atom. The zero-order chi connectivity index (χ0) is 49.8. The minimum Gasteiger partial charge on any atom is -0.366 e. The molecule has 0 bridgehead atoms. The van der Waals surface area contributed by atoms with E-state index in [1.165, 1.54) is 11.6 Å². The normalized spacial score (nSPS) is 10.6. The van der Waals surface area contributed by atoms with Gasteiger partial charge in [0.2, 0.25) is 5.91 Å². The molecule has 0 aromatic heterocycles. The number of benzene rings is 6. The maximum atomic E-state index is 12.6. The number of nitrogens with two attached hydrogens (primary N) is 1. The molecule has 0 atom stereocenters. The fraction of sp³-hybridized carbons (Fsp3) is 0.160. The van der Waals surface area contributed by atoms with Crippen LogP contribution < -0.4 is 27.0 Å². The molecule has 6 rings (SSSR count). The van der Waals surface area contributed by atoms with Gasteiger partial charge in [-0.15, -0.1) is 0 Å². The summed E-state index contributed by atoms with van der Waals surface area (Å²) in [5.74, 6) is -1.64. The van der Waals surface area contributed by atoms with E-state index in [-0.39, 0.29) is 42.3 Å². The van der Waals surface area contributed by atoms with E-state index in [0.717, 1.165) is 35.5 Å². The molecule has 0 saturated heterocycles. The summed E-state index contributed by atoms with van der Waals surface area (Å²) < 4.78 is 31.6. The molecule has 0 aliphatic heterocycles. The third-order valence-electron chi connectivity index (χ3n) is 9.37. The van der Waals surface area contributed by atoms with Gasteiger partial charge in [-0.05, 0) is 135 Å². The molecule has 0 aliphatic carbocycles. The molecule has 18 heteroatoms. The number of carbonyl (C=O) groups excluding carboxylic acids is 5. The smallest absolute Gasteiger partial charge is 0.366 e. The molecular formula is C50H52N8O9S. The van der Waals surface area contributed by atoms with E-state index in [1.807, 2.05) is 94.9 Å². The first-order valence-electron chi connectivity index (χ1n) is 20.7. The van der Waals surface area contributed by atoms with Gasteiger partial charge in [0.05, 0.1) is 11.6 Å². The molecule has 0 unspecified atom stereocenters. The minimum absolute atomic E-state index is 0.213. The molecule has 8 N–H and O–H groups in total. The van der Waals surface area contributed by atoms with Crippen LogP contribution in [0.2, 0.25) is 0 Å². The molecule has 6 aromatic rings. The van der Waals surface area contributed by atoms with Crippen molar-refractivity contribution >= 4 is 51.3 Å². The average Bonchev–Trinajstić information content (AvgIpc) is 3.30. The van der Waals surface area contributed by atoms with Gasteiger partial charge in [0.25, 0.3) is 23.6 Å². The summed E-state index contributed by atoms with van der Waals surface area (Å²) in [7, 11) is 3.36. The highest BCUT2D eigenvalue weighted by Crippen LogP contribution is 2.16. The first kappa shape index (κ1) is 52.6. The van der Waals surface area contributed by atoms with Gasteiger partial charge in [-0.25, -0.2) is 0 Å². The van der Waals surface area contributed by atoms with Crippen LogP contribution in [-0.4, -0.2) is 85.0 Å². The Hall–Kier alpha value is -8.05. The molecule has 0 aliphatic rings. The van der Waals surface area contributed by atoms with Crippen LogP contribution >= 0.6 is 0 Å². The SMILES string of the molecule is CN(C)Cc1ccc(NC(=O)c2cccc(CNC(=O)c3cccc(C#N)c3)c2)cc1.CN(C)Cc1ccc(NC(=O)c2cccc(CNC(=O)c3cccc(C(N)=O)c3)c2)cc1.O=S(=O)(O)O. The predicted octanol–water partition coefficient (Wildman–Crippen LogP) is 6.18. The summed E-state index contributed by atoms with van der Waals surface area (Å²) in [6.45, 7) is 2.17. The Morgan fingerprint density at radius 3 is 1.25 bits per heavy atom. The zero-order valence-electron chi connectivity index (χ0n) is 37.8. The van der Waals surface area contributed by atoms with E-state index in [0.29, 0.717) is 33.5 Å². The van der Waals surface area contributed by atoms with Gasteiger partial charge >= 0.3 is 10.4 Å². The Morgan fingerprint density at radius 1 is 0.515 bits per heavy atom. The fourth-order valence-electron chi connectivity index (χ4n) is 6.28. The first-order chi connectivity index (χ1) is 32.3. The maximum absolute atomic E-state index is 12.6. The van der Waals surface area contributed by atoms with Crippen molar-refractivity contribution in [1.82, 2.24) is 20.4 Å². The van der Waals surface area contributed by atoms with E-state index >= 15 is 0 Å². The molecule has 5 amide bonds. The predicted molar refractivity (Wildman–Crippen MR) is 259 cm³/mol. The number of nitrogens with one attached hydrogen (secondary N) is 4. The monoisotopic (exact) mass is 940 g/mol. The van der Waals surface area contributed by atoms with Crippen LogP contribution in [0.3, 0.4) is 0 Å². The Balaban J connectivity index is 0.000000270. The molecule has 68 heavy (non-hydrogen) atoms. The lowest BCUT2D eigenvalue weighted by atomic mass is 10.1. The van der Waals surface area contributed by atoms with Crippen molar-refractivity contribution in [2.45, 2.75) is 26.2 Å². The van der Waals surface area contributed by atoms with Gasteiger partial charge in [0, 0.05) is 65.4 Å². The van der Waals surface area contributed by atoms with E-state index in [4.69, 9.17) is 28.5 Å². The van der Waals surface area contributed by atoms with Gasteiger partial charge in [-0.3, -0.25) is 33.1 Å². The largest absolute Gasteiger partial charge is 0.394 e. The molecule has 0 fully saturated rings. The standard InChI is InChI=1S/C25H26N4O3.C25H24N4O2.H2O4S/c1-29(2)16-17-9-11-22(12-10-17)28-25(32)20-7-3-5-18(13-20)15-27-24(31)21-8-4-6-19(14-21)23(26)30;1-29(2)17-18-9-11-23(12-10-18)28-25(31)22-8-4-6-20(14-22)16-27-24(30)21-7-3-5-19(13-21)15-26;1-5(2,3)4/h3-14H,15-16H2,1-2H3,(H2,26,30)(H,27,31)(H,28,32);3-14H,16-17H2,1-2H3,(H,27,30)(H,28,31);(H2,1,2,3,4). The lowest BCUT2D eigenvalue weighted by Crippen LogP contribution is -2.23. The second-order valence-electron chi connectivity index (χ2n) is 15.6. The highest BCUT2D eigenvalue weighted by molar-refractivity contribution is 7.79. The van der Waals surface area contributed by atoms with Crippen molar-refractivity contribution in [3.8, 4) is 6.07 Å². The topological polar surface area (TPSA) is 264 Å². The summed E-state index contributed by atoms with van der Waals surface area (Å²) in [5, 5.41) is 20.4. The average molecular weight is 941 g/mol. The van der Waals surface area contributed by atoms with Gasteiger partial charge < -0.3 is 36.8 Å². The van der Waals surface area contributed by atoms with Crippen molar-refractivity contribution in [2.75, 3.05) is 38.8 Å². The summed E-state index contributed by atoms with van der Waals surface area (Å²) in [6.07, 6.45) is 0. The van der Waals surface area contributed by atoms with Crippen molar-refractivity contribution in [3.05, 3.63) is 201 Å². The van der Waals surface area contributed by atoms with Crippen LogP contribution in [-0.2, 0) is 36.6 Å². The highest BCUT2D eigenvalue weighted by Gasteiger charge is 2.12. The third-order valence-corrected chi connectivity index (χ3v) is 9.37. The zero-order valence-corrected chi connectivity index (χ0v) is 38.6. The second kappa shape index (κ2) is 25.6. The van der Waals surface area contributed by atoms with Gasteiger partial charge in [-0.2, -0.15) is 13.7 Å². The number of anilines is 2. The number of nitrogens with zero attached hydrogens (tertiary/aromatic N) is 3. The maximum Gasteiger partial charge on any atom is 0.394 e. The fourth-order valence-corrected chi connectivity index (χ4v) is 6.28. The number of hydrogen-bond donors (Lipinski definition) is 7. The number of amides is 5. The number of rotatable bonds is 15. The van der Waals surface area contributed by atoms with Crippen molar-refractivity contribution in [2.24, 2.45) is 5.73 Å². The summed E-state index contributed by atoms with van der Waals surface area (Å²) >= 11 is 0. The number of carbonyl (C=O) groups is 5. The molecule has 0 radical (unpaired) electrons. The van der Waals surface area contributed by atoms with Gasteiger partial charge in [0.1, 0.15) is 0 Å². The number of nitriles is 1. The molecule has 0 heterocycles. The Bertz CT molecular complexity index is 2860. The minimum atomic E-state index is -4.67. The van der Waals surface area contributed by atoms with Crippen molar-refractivity contribution < 1.29 is 41.5 Å². The summed E-state index contributed by atoms with van der Waals surface area (Å²) in [6, 6.07) is 44.4. The van der Waals surface area contributed by atoms with Crippen LogP contribution in [0.25, 0.3) is 0 Å². The molecule has 0 spiro atoms. The first-order valence-corrected chi connectivity index (χ1v) is 22.1. The van der Waals surface area contributed by atoms with Crippen LogP contribution in [0.1, 0.15) is 79.6 Å². The van der Waals surface area contributed by atoms with E-state index in [9.17, 15) is 24.0 Å². The molecule has 0 saturated carbocycles. The van der Waals surface area contributed by atoms with E-state index in [1.54, 1.807) is 78.9 Å². The molecular weight excluding hydrogens is 889 g/mol.